The number of aromatic nitrogens is 3. The Hall–Kier alpha value is -2.78. The molecule has 0 aliphatic carbocycles. The Balaban J connectivity index is 1.96. The molecule has 0 amide bonds. The lowest BCUT2D eigenvalue weighted by Crippen LogP contribution is -2.43. The summed E-state index contributed by atoms with van der Waals surface area (Å²) >= 11 is 0. The monoisotopic (exact) mass is 359 g/mol. The van der Waals surface area contributed by atoms with Crippen molar-refractivity contribution >= 4 is 11.9 Å². The molecule has 1 saturated heterocycles. The summed E-state index contributed by atoms with van der Waals surface area (Å²) in [6.45, 7) is 4.41. The molecule has 3 rings (SSSR count). The molecular formula is C17H21N5O4. The maximum Gasteiger partial charge on any atom is 0.337 e. The van der Waals surface area contributed by atoms with Crippen molar-refractivity contribution < 1.29 is 19.1 Å². The number of carbonyl (C=O) groups excluding carboxylic acids is 2. The number of rotatable bonds is 5. The predicted octanol–water partition coefficient (Wildman–Crippen LogP) is 0.246. The topological polar surface area (TPSA) is 98.6 Å². The van der Waals surface area contributed by atoms with Gasteiger partial charge in [-0.3, -0.25) is 4.90 Å². The van der Waals surface area contributed by atoms with Gasteiger partial charge in [0, 0.05) is 32.7 Å². The lowest BCUT2D eigenvalue weighted by Gasteiger charge is -2.27. The van der Waals surface area contributed by atoms with E-state index in [9.17, 15) is 9.59 Å². The number of piperazine rings is 1. The maximum atomic E-state index is 12.0. The van der Waals surface area contributed by atoms with Crippen molar-refractivity contribution in [2.75, 3.05) is 40.4 Å². The highest BCUT2D eigenvalue weighted by atomic mass is 16.5. The van der Waals surface area contributed by atoms with Crippen LogP contribution in [0, 0.1) is 0 Å². The first-order valence-electron chi connectivity index (χ1n) is 8.27. The van der Waals surface area contributed by atoms with E-state index >= 15 is 0 Å². The first-order chi connectivity index (χ1) is 12.6. The molecule has 1 aliphatic heterocycles. The summed E-state index contributed by atoms with van der Waals surface area (Å²) < 4.78 is 11.2. The Morgan fingerprint density at radius 1 is 1.08 bits per heavy atom. The van der Waals surface area contributed by atoms with Crippen LogP contribution in [0.3, 0.4) is 0 Å². The highest BCUT2D eigenvalue weighted by Gasteiger charge is 2.18. The summed E-state index contributed by atoms with van der Waals surface area (Å²) in [7, 11) is 2.58. The van der Waals surface area contributed by atoms with E-state index in [0.717, 1.165) is 31.9 Å². The minimum Gasteiger partial charge on any atom is -0.465 e. The zero-order valence-corrected chi connectivity index (χ0v) is 14.8. The molecule has 0 saturated carbocycles. The second-order valence-electron chi connectivity index (χ2n) is 5.92. The normalized spacial score (nSPS) is 14.8. The first-order valence-corrected chi connectivity index (χ1v) is 8.27. The zero-order valence-electron chi connectivity index (χ0n) is 14.8. The predicted molar refractivity (Wildman–Crippen MR) is 92.2 cm³/mol. The van der Waals surface area contributed by atoms with Crippen LogP contribution in [0.25, 0.3) is 5.69 Å². The summed E-state index contributed by atoms with van der Waals surface area (Å²) in [4.78, 5) is 26.2. The zero-order chi connectivity index (χ0) is 18.5. The van der Waals surface area contributed by atoms with Gasteiger partial charge in [-0.1, -0.05) is 5.21 Å². The Morgan fingerprint density at radius 2 is 1.69 bits per heavy atom. The molecule has 0 radical (unpaired) electrons. The van der Waals surface area contributed by atoms with Crippen LogP contribution >= 0.6 is 0 Å². The van der Waals surface area contributed by atoms with E-state index in [1.165, 1.54) is 20.3 Å². The lowest BCUT2D eigenvalue weighted by atomic mass is 10.1. The fraction of sp³-hybridized carbons (Fsp3) is 0.412. The summed E-state index contributed by atoms with van der Waals surface area (Å²) in [6.07, 6.45) is 1.69. The summed E-state index contributed by atoms with van der Waals surface area (Å²) in [5, 5.41) is 11.4. The van der Waals surface area contributed by atoms with Gasteiger partial charge in [0.15, 0.2) is 0 Å². The van der Waals surface area contributed by atoms with Gasteiger partial charge >= 0.3 is 11.9 Å². The smallest absolute Gasteiger partial charge is 0.337 e. The van der Waals surface area contributed by atoms with Crippen molar-refractivity contribution in [2.45, 2.75) is 6.54 Å². The number of nitrogens with one attached hydrogen (secondary N) is 1. The molecular weight excluding hydrogens is 338 g/mol. The first kappa shape index (κ1) is 18.0. The highest BCUT2D eigenvalue weighted by Crippen LogP contribution is 2.18. The molecule has 26 heavy (non-hydrogen) atoms. The summed E-state index contributed by atoms with van der Waals surface area (Å²) in [5.74, 6) is -1.08. The van der Waals surface area contributed by atoms with Crippen LogP contribution in [0.2, 0.25) is 0 Å². The van der Waals surface area contributed by atoms with Crippen LogP contribution in [0.1, 0.15) is 26.4 Å². The molecule has 1 aliphatic rings. The number of hydrogen-bond donors (Lipinski definition) is 1. The van der Waals surface area contributed by atoms with Crippen molar-refractivity contribution in [3.63, 3.8) is 0 Å². The fourth-order valence-corrected chi connectivity index (χ4v) is 2.88. The minimum atomic E-state index is -0.541. The Morgan fingerprint density at radius 3 is 2.27 bits per heavy atom. The molecule has 0 unspecified atom stereocenters. The Bertz CT molecular complexity index is 764. The quantitative estimate of drug-likeness (QED) is 0.759. The molecule has 2 heterocycles. The number of benzene rings is 1. The van der Waals surface area contributed by atoms with Crippen LogP contribution in [0.15, 0.2) is 24.4 Å². The van der Waals surface area contributed by atoms with Crippen LogP contribution in [-0.4, -0.2) is 72.2 Å². The second-order valence-corrected chi connectivity index (χ2v) is 5.92. The van der Waals surface area contributed by atoms with E-state index in [-0.39, 0.29) is 11.1 Å². The molecule has 0 bridgehead atoms. The molecule has 1 aromatic carbocycles. The highest BCUT2D eigenvalue weighted by molar-refractivity contribution is 5.96. The van der Waals surface area contributed by atoms with Gasteiger partial charge in [0.05, 0.1) is 42.9 Å². The van der Waals surface area contributed by atoms with Crippen LogP contribution in [0.5, 0.6) is 0 Å². The van der Waals surface area contributed by atoms with Crippen LogP contribution in [-0.2, 0) is 16.0 Å². The van der Waals surface area contributed by atoms with Crippen molar-refractivity contribution in [1.29, 1.82) is 0 Å². The van der Waals surface area contributed by atoms with E-state index in [0.29, 0.717) is 12.2 Å². The summed E-state index contributed by atoms with van der Waals surface area (Å²) in [6, 6.07) is 4.68. The van der Waals surface area contributed by atoms with Gasteiger partial charge in [-0.25, -0.2) is 14.3 Å². The number of esters is 2. The Labute approximate surface area is 150 Å². The average Bonchev–Trinajstić information content (AvgIpc) is 3.15. The second kappa shape index (κ2) is 8.07. The van der Waals surface area contributed by atoms with Crippen molar-refractivity contribution in [3.8, 4) is 5.69 Å². The number of hydrogen-bond acceptors (Lipinski definition) is 8. The average molecular weight is 359 g/mol. The van der Waals surface area contributed by atoms with Crippen molar-refractivity contribution in [2.24, 2.45) is 0 Å². The largest absolute Gasteiger partial charge is 0.465 e. The SMILES string of the molecule is COC(=O)c1cc(C(=O)OC)cc(-n2nncc2CN2CCNCC2)c1. The van der Waals surface area contributed by atoms with Gasteiger partial charge in [-0.05, 0) is 18.2 Å². The molecule has 1 N–H and O–H groups in total. The van der Waals surface area contributed by atoms with Gasteiger partial charge < -0.3 is 14.8 Å². The molecule has 2 aromatic rings. The van der Waals surface area contributed by atoms with E-state index in [4.69, 9.17) is 9.47 Å². The molecule has 9 heteroatoms. The number of ether oxygens (including phenoxy) is 2. The molecule has 138 valence electrons. The third-order valence-corrected chi connectivity index (χ3v) is 4.22. The lowest BCUT2D eigenvalue weighted by molar-refractivity contribution is 0.0599. The Kier molecular flexibility index (Phi) is 5.59. The van der Waals surface area contributed by atoms with E-state index < -0.39 is 11.9 Å². The van der Waals surface area contributed by atoms with E-state index in [2.05, 4.69) is 20.5 Å². The van der Waals surface area contributed by atoms with Gasteiger partial charge in [0.25, 0.3) is 0 Å². The van der Waals surface area contributed by atoms with E-state index in [1.807, 2.05) is 0 Å². The fourth-order valence-electron chi connectivity index (χ4n) is 2.88. The molecule has 1 fully saturated rings. The standard InChI is InChI=1S/C17H21N5O4/c1-25-16(23)12-7-13(17(24)26-2)9-14(8-12)22-15(10-19-20-22)11-21-5-3-18-4-6-21/h7-10,18H,3-6,11H2,1-2H3. The number of carbonyl (C=O) groups is 2. The number of methoxy groups -OCH3 is 2. The summed E-state index contributed by atoms with van der Waals surface area (Å²) in [5.41, 5.74) is 1.91. The molecule has 0 atom stereocenters. The maximum absolute atomic E-state index is 12.0. The van der Waals surface area contributed by atoms with Gasteiger partial charge in [0.2, 0.25) is 0 Å². The molecule has 0 spiro atoms. The molecule has 1 aromatic heterocycles. The van der Waals surface area contributed by atoms with Gasteiger partial charge in [-0.15, -0.1) is 5.10 Å². The third kappa shape index (κ3) is 3.89. The van der Waals surface area contributed by atoms with Crippen LogP contribution < -0.4 is 5.32 Å². The van der Waals surface area contributed by atoms with Crippen LogP contribution in [0.4, 0.5) is 0 Å². The van der Waals surface area contributed by atoms with E-state index in [1.54, 1.807) is 23.0 Å². The molecule has 9 nitrogen and oxygen atoms in total. The van der Waals surface area contributed by atoms with Crippen molar-refractivity contribution in [3.05, 3.63) is 41.2 Å². The van der Waals surface area contributed by atoms with Gasteiger partial charge in [-0.2, -0.15) is 0 Å². The number of nitrogens with zero attached hydrogens (tertiary/aromatic N) is 4. The van der Waals surface area contributed by atoms with Crippen molar-refractivity contribution in [1.82, 2.24) is 25.2 Å². The third-order valence-electron chi connectivity index (χ3n) is 4.22. The van der Waals surface area contributed by atoms with Gasteiger partial charge in [0.1, 0.15) is 0 Å². The minimum absolute atomic E-state index is 0.244.